The lowest BCUT2D eigenvalue weighted by molar-refractivity contribution is 0.231. The predicted molar refractivity (Wildman–Crippen MR) is 57.1 cm³/mol. The minimum Gasteiger partial charge on any atom is -0.328 e. The van der Waals surface area contributed by atoms with E-state index >= 15 is 0 Å². The fourth-order valence-electron chi connectivity index (χ4n) is 1.17. The van der Waals surface area contributed by atoms with Crippen LogP contribution in [0.25, 0.3) is 0 Å². The van der Waals surface area contributed by atoms with Crippen LogP contribution in [0.1, 0.15) is 6.92 Å². The summed E-state index contributed by atoms with van der Waals surface area (Å²) in [5.41, 5.74) is 3.27. The number of nitrogens with two attached hydrogens (primary N) is 1. The highest BCUT2D eigenvalue weighted by atomic mass is 32.2. The summed E-state index contributed by atoms with van der Waals surface area (Å²) in [6.45, 7) is 0.882. The third kappa shape index (κ3) is 3.28. The Morgan fingerprint density at radius 3 is 2.33 bits per heavy atom. The summed E-state index contributed by atoms with van der Waals surface area (Å²) in [5, 5.41) is 0. The van der Waals surface area contributed by atoms with Gasteiger partial charge in [0.2, 0.25) is 0 Å². The Hall–Kier alpha value is -0.940. The summed E-state index contributed by atoms with van der Waals surface area (Å²) < 4.78 is 36.9. The summed E-state index contributed by atoms with van der Waals surface area (Å²) in [6.07, 6.45) is 0. The lowest BCUT2D eigenvalue weighted by Gasteiger charge is -2.17. The first-order valence-electron chi connectivity index (χ1n) is 4.54. The summed E-state index contributed by atoms with van der Waals surface area (Å²) in [7, 11) is -3.59. The molecule has 0 saturated heterocycles. The fourth-order valence-corrected chi connectivity index (χ4v) is 2.82. The van der Waals surface area contributed by atoms with Gasteiger partial charge in [-0.2, -0.15) is 0 Å². The molecule has 1 aromatic carbocycles. The van der Waals surface area contributed by atoms with Crippen molar-refractivity contribution in [1.29, 1.82) is 0 Å². The zero-order chi connectivity index (χ0) is 11.5. The number of hydrogen-bond donors (Lipinski definition) is 1. The van der Waals surface area contributed by atoms with E-state index in [2.05, 4.69) is 0 Å². The lowest BCUT2D eigenvalue weighted by atomic mass is 10.2. The van der Waals surface area contributed by atoms with Gasteiger partial charge in [0, 0.05) is 6.54 Å². The van der Waals surface area contributed by atoms with Gasteiger partial charge in [0.15, 0.2) is 9.84 Å². The molecule has 2 N–H and O–H groups in total. The van der Waals surface area contributed by atoms with Gasteiger partial charge in [-0.25, -0.2) is 12.8 Å². The van der Waals surface area contributed by atoms with Crippen LogP contribution in [0.5, 0.6) is 0 Å². The molecule has 1 rings (SSSR count). The Morgan fingerprint density at radius 1 is 1.33 bits per heavy atom. The molecule has 84 valence electrons. The first kappa shape index (κ1) is 12.1. The molecule has 0 aliphatic rings. The molecule has 0 fully saturated rings. The van der Waals surface area contributed by atoms with Crippen molar-refractivity contribution >= 4 is 9.84 Å². The van der Waals surface area contributed by atoms with Crippen molar-refractivity contribution in [1.82, 2.24) is 0 Å². The number of rotatable bonds is 4. The Kier molecular flexibility index (Phi) is 3.46. The molecule has 1 atom stereocenters. The average Bonchev–Trinajstić information content (AvgIpc) is 2.18. The standard InChI is InChI=1S/C10H14FNO2S/c1-10(11,7-12)8-15(13,14)9-5-3-2-4-6-9/h2-6H,7-8,12H2,1H3. The monoisotopic (exact) mass is 231 g/mol. The minimum absolute atomic E-state index is 0.127. The highest BCUT2D eigenvalue weighted by molar-refractivity contribution is 7.91. The fraction of sp³-hybridized carbons (Fsp3) is 0.400. The van der Waals surface area contributed by atoms with Gasteiger partial charge in [0.1, 0.15) is 5.67 Å². The Bertz CT molecular complexity index is 414. The maximum atomic E-state index is 13.5. The van der Waals surface area contributed by atoms with Gasteiger partial charge in [-0.15, -0.1) is 0 Å². The summed E-state index contributed by atoms with van der Waals surface area (Å²) in [4.78, 5) is 0.127. The SMILES string of the molecule is CC(F)(CN)CS(=O)(=O)c1ccccc1. The van der Waals surface area contributed by atoms with Crippen LogP contribution in [-0.4, -0.2) is 26.4 Å². The van der Waals surface area contributed by atoms with Crippen LogP contribution < -0.4 is 5.73 Å². The zero-order valence-corrected chi connectivity index (χ0v) is 9.30. The van der Waals surface area contributed by atoms with Crippen molar-refractivity contribution in [2.75, 3.05) is 12.3 Å². The van der Waals surface area contributed by atoms with Gasteiger partial charge in [0.05, 0.1) is 10.6 Å². The van der Waals surface area contributed by atoms with E-state index in [1.807, 2.05) is 0 Å². The number of benzene rings is 1. The molecule has 5 heteroatoms. The maximum absolute atomic E-state index is 13.5. The second kappa shape index (κ2) is 4.28. The Balaban J connectivity index is 2.96. The molecule has 0 saturated carbocycles. The summed E-state index contributed by atoms with van der Waals surface area (Å²) in [5.74, 6) is -0.583. The molecule has 15 heavy (non-hydrogen) atoms. The number of hydrogen-bond acceptors (Lipinski definition) is 3. The molecule has 0 spiro atoms. The second-order valence-electron chi connectivity index (χ2n) is 3.69. The molecule has 0 aliphatic carbocycles. The molecule has 0 heterocycles. The van der Waals surface area contributed by atoms with E-state index < -0.39 is 21.3 Å². The maximum Gasteiger partial charge on any atom is 0.181 e. The smallest absolute Gasteiger partial charge is 0.181 e. The Morgan fingerprint density at radius 2 is 1.87 bits per heavy atom. The van der Waals surface area contributed by atoms with Crippen LogP contribution in [0, 0.1) is 0 Å². The van der Waals surface area contributed by atoms with Crippen LogP contribution in [0.2, 0.25) is 0 Å². The Labute approximate surface area is 89.0 Å². The average molecular weight is 231 g/mol. The van der Waals surface area contributed by atoms with E-state index in [9.17, 15) is 12.8 Å². The van der Waals surface area contributed by atoms with Gasteiger partial charge in [-0.3, -0.25) is 0 Å². The molecular weight excluding hydrogens is 217 g/mol. The van der Waals surface area contributed by atoms with Gasteiger partial charge in [-0.05, 0) is 19.1 Å². The second-order valence-corrected chi connectivity index (χ2v) is 5.68. The molecule has 0 amide bonds. The first-order valence-corrected chi connectivity index (χ1v) is 6.19. The van der Waals surface area contributed by atoms with E-state index in [1.165, 1.54) is 19.1 Å². The molecule has 0 aliphatic heterocycles. The zero-order valence-electron chi connectivity index (χ0n) is 8.48. The van der Waals surface area contributed by atoms with Crippen molar-refractivity contribution in [3.63, 3.8) is 0 Å². The topological polar surface area (TPSA) is 60.2 Å². The van der Waals surface area contributed by atoms with Gasteiger partial charge < -0.3 is 5.73 Å². The number of sulfone groups is 1. The van der Waals surface area contributed by atoms with Crippen LogP contribution in [-0.2, 0) is 9.84 Å². The van der Waals surface area contributed by atoms with E-state index in [4.69, 9.17) is 5.73 Å². The summed E-state index contributed by atoms with van der Waals surface area (Å²) >= 11 is 0. The highest BCUT2D eigenvalue weighted by Crippen LogP contribution is 2.18. The van der Waals surface area contributed by atoms with Crippen LogP contribution in [0.4, 0.5) is 4.39 Å². The quantitative estimate of drug-likeness (QED) is 0.845. The van der Waals surface area contributed by atoms with E-state index in [1.54, 1.807) is 18.2 Å². The largest absolute Gasteiger partial charge is 0.328 e. The van der Waals surface area contributed by atoms with Crippen molar-refractivity contribution in [2.24, 2.45) is 5.73 Å². The normalized spacial score (nSPS) is 15.9. The lowest BCUT2D eigenvalue weighted by Crippen LogP contribution is -2.37. The van der Waals surface area contributed by atoms with Gasteiger partial charge in [-0.1, -0.05) is 18.2 Å². The minimum atomic E-state index is -3.59. The van der Waals surface area contributed by atoms with Crippen molar-refractivity contribution < 1.29 is 12.8 Å². The van der Waals surface area contributed by atoms with E-state index in [0.717, 1.165) is 0 Å². The number of halogens is 1. The van der Waals surface area contributed by atoms with Crippen molar-refractivity contribution in [3.05, 3.63) is 30.3 Å². The molecule has 0 radical (unpaired) electrons. The molecule has 1 aromatic rings. The van der Waals surface area contributed by atoms with Crippen LogP contribution in [0.15, 0.2) is 35.2 Å². The predicted octanol–water partition coefficient (Wildman–Crippen LogP) is 1.15. The van der Waals surface area contributed by atoms with Crippen molar-refractivity contribution in [3.8, 4) is 0 Å². The molecule has 0 aromatic heterocycles. The van der Waals surface area contributed by atoms with E-state index in [0.29, 0.717) is 0 Å². The van der Waals surface area contributed by atoms with Crippen molar-refractivity contribution in [2.45, 2.75) is 17.5 Å². The molecule has 3 nitrogen and oxygen atoms in total. The first-order chi connectivity index (χ1) is 6.87. The molecular formula is C10H14FNO2S. The van der Waals surface area contributed by atoms with Crippen LogP contribution >= 0.6 is 0 Å². The third-order valence-corrected chi connectivity index (χ3v) is 3.99. The third-order valence-electron chi connectivity index (χ3n) is 2.02. The van der Waals surface area contributed by atoms with Gasteiger partial charge >= 0.3 is 0 Å². The molecule has 0 bridgehead atoms. The summed E-state index contributed by atoms with van der Waals surface area (Å²) in [6, 6.07) is 7.80. The van der Waals surface area contributed by atoms with Crippen LogP contribution in [0.3, 0.4) is 0 Å². The number of alkyl halides is 1. The molecule has 1 unspecified atom stereocenters. The van der Waals surface area contributed by atoms with E-state index in [-0.39, 0.29) is 11.4 Å². The van der Waals surface area contributed by atoms with Gasteiger partial charge in [0.25, 0.3) is 0 Å². The highest BCUT2D eigenvalue weighted by Gasteiger charge is 2.30.